The minimum atomic E-state index is -0.838. The Bertz CT molecular complexity index is 1440. The van der Waals surface area contributed by atoms with Gasteiger partial charge in [0.15, 0.2) is 6.10 Å². The van der Waals surface area contributed by atoms with Crippen LogP contribution in [0.2, 0.25) is 0 Å². The van der Waals surface area contributed by atoms with Gasteiger partial charge in [-0.15, -0.1) is 0 Å². The maximum atomic E-state index is 12.8. The molecule has 73 heavy (non-hydrogen) atoms. The molecule has 0 saturated carbocycles. The molecule has 0 aliphatic heterocycles. The molecule has 0 saturated heterocycles. The second-order valence-electron chi connectivity index (χ2n) is 20.3. The Balaban J connectivity index is 4.54. The maximum absolute atomic E-state index is 12.8. The van der Waals surface area contributed by atoms with Gasteiger partial charge in [0.05, 0.1) is 0 Å². The van der Waals surface area contributed by atoms with Gasteiger partial charge in [0, 0.05) is 19.3 Å². The van der Waals surface area contributed by atoms with E-state index >= 15 is 0 Å². The van der Waals surface area contributed by atoms with E-state index in [0.717, 1.165) is 64.2 Å². The fourth-order valence-corrected chi connectivity index (χ4v) is 8.44. The summed E-state index contributed by atoms with van der Waals surface area (Å²) in [6, 6.07) is 0. The van der Waals surface area contributed by atoms with Gasteiger partial charge in [-0.3, -0.25) is 14.4 Å². The summed E-state index contributed by atoms with van der Waals surface area (Å²) in [6.07, 6.45) is 81.4. The highest BCUT2D eigenvalue weighted by Gasteiger charge is 2.19. The van der Waals surface area contributed by atoms with Crippen molar-refractivity contribution in [2.24, 2.45) is 0 Å². The van der Waals surface area contributed by atoms with Crippen LogP contribution in [0.1, 0.15) is 290 Å². The molecule has 0 aliphatic carbocycles. The summed E-state index contributed by atoms with van der Waals surface area (Å²) >= 11 is 0. The molecule has 0 amide bonds. The Morgan fingerprint density at radius 2 is 0.534 bits per heavy atom. The van der Waals surface area contributed by atoms with Crippen molar-refractivity contribution in [2.45, 2.75) is 297 Å². The quantitative estimate of drug-likeness (QED) is 0.0261. The summed E-state index contributed by atoms with van der Waals surface area (Å²) in [7, 11) is 0. The highest BCUT2D eigenvalue weighted by Crippen LogP contribution is 2.16. The number of unbranched alkanes of at least 4 members (excludes halogenated alkanes) is 28. The van der Waals surface area contributed by atoms with Crippen molar-refractivity contribution in [3.63, 3.8) is 0 Å². The molecule has 0 fully saturated rings. The van der Waals surface area contributed by atoms with E-state index < -0.39 is 12.1 Å². The van der Waals surface area contributed by atoms with E-state index in [-0.39, 0.29) is 38.0 Å². The molecule has 0 heterocycles. The zero-order chi connectivity index (χ0) is 52.9. The number of allylic oxidation sites excluding steroid dienone is 16. The maximum Gasteiger partial charge on any atom is 0.306 e. The summed E-state index contributed by atoms with van der Waals surface area (Å²) < 4.78 is 16.8. The molecular formula is C67H114O6. The third-order valence-electron chi connectivity index (χ3n) is 13.1. The summed E-state index contributed by atoms with van der Waals surface area (Å²) in [6.45, 7) is 6.53. The number of carbonyl (C=O) groups is 3. The van der Waals surface area contributed by atoms with Gasteiger partial charge in [-0.1, -0.05) is 279 Å². The molecule has 0 aromatic carbocycles. The normalized spacial score (nSPS) is 12.8. The van der Waals surface area contributed by atoms with Crippen molar-refractivity contribution in [2.75, 3.05) is 13.2 Å². The number of hydrogen-bond donors (Lipinski definition) is 0. The first-order valence-corrected chi connectivity index (χ1v) is 30.7. The third-order valence-corrected chi connectivity index (χ3v) is 13.1. The predicted molar refractivity (Wildman–Crippen MR) is 316 cm³/mol. The van der Waals surface area contributed by atoms with Crippen LogP contribution in [0, 0.1) is 0 Å². The average molecular weight is 1020 g/mol. The van der Waals surface area contributed by atoms with E-state index in [1.54, 1.807) is 0 Å². The number of rotatable bonds is 55. The molecule has 0 spiro atoms. The Morgan fingerprint density at radius 1 is 0.274 bits per heavy atom. The minimum absolute atomic E-state index is 0.121. The van der Waals surface area contributed by atoms with E-state index in [1.165, 1.54) is 173 Å². The predicted octanol–water partition coefficient (Wildman–Crippen LogP) is 20.9. The highest BCUT2D eigenvalue weighted by atomic mass is 16.6. The van der Waals surface area contributed by atoms with Crippen LogP contribution in [0.4, 0.5) is 0 Å². The van der Waals surface area contributed by atoms with Crippen LogP contribution in [-0.2, 0) is 28.6 Å². The van der Waals surface area contributed by atoms with Crippen molar-refractivity contribution >= 4 is 17.9 Å². The molecule has 0 rings (SSSR count). The van der Waals surface area contributed by atoms with Crippen LogP contribution < -0.4 is 0 Å². The lowest BCUT2D eigenvalue weighted by molar-refractivity contribution is -0.166. The van der Waals surface area contributed by atoms with Crippen molar-refractivity contribution in [3.8, 4) is 0 Å². The standard InChI is InChI=1S/C67H114O6/c1-4-7-10-13-16-19-22-25-28-31-33-36-39-42-45-48-51-54-57-60-66(69)72-63-64(62-71-65(68)59-56-53-50-47-44-41-38-35-30-27-24-21-18-15-12-9-6-3)73-67(70)61-58-55-52-49-46-43-40-37-34-32-29-26-23-20-17-14-11-8-5-2/h17,20,26-27,29-30,34,37-38,41,43,46-47,50,52,55,64H,4-16,18-19,21-25,28,31-33,35-36,39-40,42,44-45,48-49,51,53-54,56-63H2,1-3H3/b20-17-,29-26-,30-27-,37-34-,41-38-,46-43-,50-47-,55-52-/t64-/m1/s1. The summed E-state index contributed by atoms with van der Waals surface area (Å²) in [4.78, 5) is 38.2. The molecule has 0 aromatic heterocycles. The van der Waals surface area contributed by atoms with Gasteiger partial charge in [-0.2, -0.15) is 0 Å². The lowest BCUT2D eigenvalue weighted by Crippen LogP contribution is -2.30. The highest BCUT2D eigenvalue weighted by molar-refractivity contribution is 5.71. The second kappa shape index (κ2) is 60.9. The van der Waals surface area contributed by atoms with E-state index in [2.05, 4.69) is 112 Å². The summed E-state index contributed by atoms with van der Waals surface area (Å²) in [5.74, 6) is -1.05. The lowest BCUT2D eigenvalue weighted by Gasteiger charge is -2.18. The first kappa shape index (κ1) is 69.3. The second-order valence-corrected chi connectivity index (χ2v) is 20.3. The Kier molecular flexibility index (Phi) is 57.8. The molecule has 0 unspecified atom stereocenters. The summed E-state index contributed by atoms with van der Waals surface area (Å²) in [5, 5.41) is 0. The largest absolute Gasteiger partial charge is 0.462 e. The fraction of sp³-hybridized carbons (Fsp3) is 0.716. The molecule has 0 N–H and O–H groups in total. The molecule has 6 heteroatoms. The Morgan fingerprint density at radius 3 is 0.904 bits per heavy atom. The topological polar surface area (TPSA) is 78.9 Å². The van der Waals surface area contributed by atoms with E-state index in [0.29, 0.717) is 19.3 Å². The van der Waals surface area contributed by atoms with Crippen LogP contribution in [0.25, 0.3) is 0 Å². The van der Waals surface area contributed by atoms with Gasteiger partial charge in [0.1, 0.15) is 13.2 Å². The zero-order valence-electron chi connectivity index (χ0n) is 47.9. The van der Waals surface area contributed by atoms with Gasteiger partial charge in [0.25, 0.3) is 0 Å². The first-order chi connectivity index (χ1) is 36.0. The van der Waals surface area contributed by atoms with Crippen molar-refractivity contribution in [1.82, 2.24) is 0 Å². The van der Waals surface area contributed by atoms with Gasteiger partial charge in [-0.05, 0) is 89.9 Å². The molecule has 418 valence electrons. The number of carbonyl (C=O) groups excluding carboxylic acids is 3. The Hall–Kier alpha value is -3.67. The van der Waals surface area contributed by atoms with Crippen molar-refractivity contribution < 1.29 is 28.6 Å². The van der Waals surface area contributed by atoms with E-state index in [4.69, 9.17) is 14.2 Å². The van der Waals surface area contributed by atoms with Gasteiger partial charge >= 0.3 is 17.9 Å². The zero-order valence-corrected chi connectivity index (χ0v) is 47.9. The minimum Gasteiger partial charge on any atom is -0.462 e. The Labute approximate surface area is 451 Å². The smallest absolute Gasteiger partial charge is 0.306 e. The molecule has 0 aromatic rings. The van der Waals surface area contributed by atoms with Crippen molar-refractivity contribution in [3.05, 3.63) is 97.2 Å². The van der Waals surface area contributed by atoms with Crippen LogP contribution in [-0.4, -0.2) is 37.2 Å². The fourth-order valence-electron chi connectivity index (χ4n) is 8.44. The monoisotopic (exact) mass is 1010 g/mol. The van der Waals surface area contributed by atoms with Gasteiger partial charge in [0.2, 0.25) is 0 Å². The van der Waals surface area contributed by atoms with Gasteiger partial charge in [-0.25, -0.2) is 0 Å². The average Bonchev–Trinajstić information content (AvgIpc) is 3.39. The SMILES string of the molecule is CCCCC/C=C\C/C=C\C/C=C\C/C=C\C/C=C\CCC(=O)O[C@H](COC(=O)CCC/C=C\C/C=C\C/C=C\CCCCCCCC)COC(=O)CCCCCCCCCCCCCCCCCCCCC. The van der Waals surface area contributed by atoms with Crippen LogP contribution in [0.15, 0.2) is 97.2 Å². The molecule has 0 aliphatic rings. The molecule has 0 bridgehead atoms. The van der Waals surface area contributed by atoms with Crippen molar-refractivity contribution in [1.29, 1.82) is 0 Å². The lowest BCUT2D eigenvalue weighted by atomic mass is 10.0. The van der Waals surface area contributed by atoms with Crippen LogP contribution in [0.5, 0.6) is 0 Å². The molecule has 0 radical (unpaired) electrons. The van der Waals surface area contributed by atoms with Gasteiger partial charge < -0.3 is 14.2 Å². The number of ether oxygens (including phenoxy) is 3. The number of esters is 3. The van der Waals surface area contributed by atoms with Crippen LogP contribution >= 0.6 is 0 Å². The number of hydrogen-bond acceptors (Lipinski definition) is 6. The molecule has 1 atom stereocenters. The third kappa shape index (κ3) is 59.1. The molecular weight excluding hydrogens is 901 g/mol. The molecule has 6 nitrogen and oxygen atoms in total. The van der Waals surface area contributed by atoms with E-state index in [9.17, 15) is 14.4 Å². The summed E-state index contributed by atoms with van der Waals surface area (Å²) in [5.41, 5.74) is 0. The van der Waals surface area contributed by atoms with Crippen LogP contribution in [0.3, 0.4) is 0 Å². The van der Waals surface area contributed by atoms with E-state index in [1.807, 2.05) is 6.08 Å². The first-order valence-electron chi connectivity index (χ1n) is 30.7.